The van der Waals surface area contributed by atoms with Gasteiger partial charge in [0.2, 0.25) is 0 Å². The van der Waals surface area contributed by atoms with Crippen LogP contribution in [-0.4, -0.2) is 5.97 Å². The summed E-state index contributed by atoms with van der Waals surface area (Å²) < 4.78 is 5.50. The van der Waals surface area contributed by atoms with Crippen LogP contribution in [0.15, 0.2) is 0 Å². The van der Waals surface area contributed by atoms with Crippen LogP contribution < -0.4 is 0 Å². The molecule has 0 aliphatic carbocycles. The third-order valence-corrected chi connectivity index (χ3v) is 4.00. The zero-order chi connectivity index (χ0) is 14.2. The first-order valence-electron chi connectivity index (χ1n) is 6.36. The fraction of sp³-hybridized carbons (Fsp3) is 0.562. The predicted octanol–water partition coefficient (Wildman–Crippen LogP) is 4.03. The molecule has 0 saturated heterocycles. The first-order valence-corrected chi connectivity index (χ1v) is 6.36. The summed E-state index contributed by atoms with van der Waals surface area (Å²) in [5.74, 6) is -0.241. The maximum Gasteiger partial charge on any atom is 0.303 e. The van der Waals surface area contributed by atoms with Crippen LogP contribution in [0.4, 0.5) is 0 Å². The fourth-order valence-corrected chi connectivity index (χ4v) is 2.81. The maximum atomic E-state index is 11.3. The van der Waals surface area contributed by atoms with Gasteiger partial charge >= 0.3 is 5.97 Å². The minimum absolute atomic E-state index is 0.241. The lowest BCUT2D eigenvalue weighted by Gasteiger charge is -2.31. The van der Waals surface area contributed by atoms with E-state index < -0.39 is 5.60 Å². The first kappa shape index (κ1) is 14.7. The van der Waals surface area contributed by atoms with Gasteiger partial charge in [0.1, 0.15) is 5.60 Å². The van der Waals surface area contributed by atoms with Crippen molar-refractivity contribution < 1.29 is 9.53 Å². The average molecular weight is 248 g/mol. The maximum absolute atomic E-state index is 11.3. The molecule has 0 saturated carbocycles. The average Bonchev–Trinajstić information content (AvgIpc) is 2.21. The van der Waals surface area contributed by atoms with Gasteiger partial charge < -0.3 is 4.74 Å². The quantitative estimate of drug-likeness (QED) is 0.739. The van der Waals surface area contributed by atoms with E-state index in [2.05, 4.69) is 34.6 Å². The summed E-state index contributed by atoms with van der Waals surface area (Å²) >= 11 is 0. The first-order chi connectivity index (χ1) is 8.09. The molecule has 0 aromatic heterocycles. The molecule has 1 rings (SSSR count). The van der Waals surface area contributed by atoms with Gasteiger partial charge in [0.15, 0.2) is 0 Å². The van der Waals surface area contributed by atoms with Crippen molar-refractivity contribution in [2.24, 2.45) is 0 Å². The highest BCUT2D eigenvalue weighted by molar-refractivity contribution is 5.67. The van der Waals surface area contributed by atoms with E-state index in [-0.39, 0.29) is 5.97 Å². The summed E-state index contributed by atoms with van der Waals surface area (Å²) in [6.45, 7) is 16.0. The molecule has 0 spiro atoms. The topological polar surface area (TPSA) is 26.3 Å². The molecule has 0 amide bonds. The molecule has 18 heavy (non-hydrogen) atoms. The Kier molecular flexibility index (Phi) is 3.89. The number of carbonyl (C=O) groups is 1. The molecule has 0 aliphatic heterocycles. The number of esters is 1. The zero-order valence-electron chi connectivity index (χ0n) is 12.8. The van der Waals surface area contributed by atoms with E-state index in [0.29, 0.717) is 0 Å². The third kappa shape index (κ3) is 2.43. The number of rotatable bonds is 2. The van der Waals surface area contributed by atoms with Crippen LogP contribution in [0, 0.1) is 34.6 Å². The van der Waals surface area contributed by atoms with Crippen molar-refractivity contribution in [3.63, 3.8) is 0 Å². The second-order valence-electron chi connectivity index (χ2n) is 5.60. The largest absolute Gasteiger partial charge is 0.455 e. The van der Waals surface area contributed by atoms with Gasteiger partial charge in [-0.15, -0.1) is 0 Å². The van der Waals surface area contributed by atoms with Crippen LogP contribution in [-0.2, 0) is 15.1 Å². The van der Waals surface area contributed by atoms with Crippen molar-refractivity contribution in [1.82, 2.24) is 0 Å². The Morgan fingerprint density at radius 3 is 1.50 bits per heavy atom. The predicted molar refractivity (Wildman–Crippen MR) is 74.9 cm³/mol. The van der Waals surface area contributed by atoms with E-state index in [1.165, 1.54) is 34.7 Å². The van der Waals surface area contributed by atoms with Crippen molar-refractivity contribution in [2.75, 3.05) is 0 Å². The minimum atomic E-state index is -0.580. The Bertz CT molecular complexity index is 467. The standard InChI is InChI=1S/C16H24O2/c1-9-10(2)12(4)15(13(5)11(9)3)16(7,8)18-14(6)17/h1-8H3. The van der Waals surface area contributed by atoms with Crippen LogP contribution in [0.3, 0.4) is 0 Å². The second-order valence-corrected chi connectivity index (χ2v) is 5.60. The van der Waals surface area contributed by atoms with Crippen molar-refractivity contribution in [2.45, 2.75) is 61.0 Å². The minimum Gasteiger partial charge on any atom is -0.455 e. The number of hydrogen-bond acceptors (Lipinski definition) is 2. The molecule has 0 atom stereocenters. The Labute approximate surface area is 110 Å². The van der Waals surface area contributed by atoms with Gasteiger partial charge in [-0.25, -0.2) is 0 Å². The van der Waals surface area contributed by atoms with Gasteiger partial charge in [-0.3, -0.25) is 4.79 Å². The third-order valence-electron chi connectivity index (χ3n) is 4.00. The highest BCUT2D eigenvalue weighted by atomic mass is 16.6. The molecular weight excluding hydrogens is 224 g/mol. The normalized spacial score (nSPS) is 11.6. The summed E-state index contributed by atoms with van der Waals surface area (Å²) in [6, 6.07) is 0. The van der Waals surface area contributed by atoms with Gasteiger partial charge in [0.25, 0.3) is 0 Å². The highest BCUT2D eigenvalue weighted by Crippen LogP contribution is 2.35. The van der Waals surface area contributed by atoms with E-state index >= 15 is 0 Å². The van der Waals surface area contributed by atoms with Crippen molar-refractivity contribution >= 4 is 5.97 Å². The van der Waals surface area contributed by atoms with Crippen LogP contribution in [0.1, 0.15) is 54.2 Å². The fourth-order valence-electron chi connectivity index (χ4n) is 2.81. The molecule has 100 valence electrons. The number of benzene rings is 1. The molecule has 0 bridgehead atoms. The number of hydrogen-bond donors (Lipinski definition) is 0. The molecule has 0 heterocycles. The molecule has 0 radical (unpaired) electrons. The van der Waals surface area contributed by atoms with E-state index in [4.69, 9.17) is 4.74 Å². The van der Waals surface area contributed by atoms with Gasteiger partial charge in [-0.2, -0.15) is 0 Å². The lowest BCUT2D eigenvalue weighted by molar-refractivity contribution is -0.154. The summed E-state index contributed by atoms with van der Waals surface area (Å²) in [5.41, 5.74) is 6.90. The van der Waals surface area contributed by atoms with Crippen LogP contribution in [0.2, 0.25) is 0 Å². The van der Waals surface area contributed by atoms with E-state index in [9.17, 15) is 4.79 Å². The summed E-state index contributed by atoms with van der Waals surface area (Å²) in [4.78, 5) is 11.3. The number of ether oxygens (including phenoxy) is 1. The molecular formula is C16H24O2. The zero-order valence-corrected chi connectivity index (χ0v) is 12.8. The van der Waals surface area contributed by atoms with Crippen LogP contribution in [0.5, 0.6) is 0 Å². The Morgan fingerprint density at radius 2 is 1.17 bits per heavy atom. The molecule has 2 heteroatoms. The monoisotopic (exact) mass is 248 g/mol. The molecule has 0 N–H and O–H groups in total. The number of carbonyl (C=O) groups excluding carboxylic acids is 1. The van der Waals surface area contributed by atoms with Crippen molar-refractivity contribution in [3.05, 3.63) is 33.4 Å². The highest BCUT2D eigenvalue weighted by Gasteiger charge is 2.29. The Hall–Kier alpha value is -1.31. The molecule has 0 fully saturated rings. The molecule has 1 aromatic rings. The Balaban J connectivity index is 3.55. The molecule has 0 unspecified atom stereocenters. The van der Waals surface area contributed by atoms with Gasteiger partial charge in [-0.1, -0.05) is 0 Å². The van der Waals surface area contributed by atoms with E-state index in [1.54, 1.807) is 0 Å². The van der Waals surface area contributed by atoms with Gasteiger partial charge in [-0.05, 0) is 76.3 Å². The van der Waals surface area contributed by atoms with Gasteiger partial charge in [0.05, 0.1) is 0 Å². The summed E-state index contributed by atoms with van der Waals surface area (Å²) in [7, 11) is 0. The smallest absolute Gasteiger partial charge is 0.303 e. The van der Waals surface area contributed by atoms with E-state index in [1.807, 2.05) is 13.8 Å². The summed E-state index contributed by atoms with van der Waals surface area (Å²) in [6.07, 6.45) is 0. The lowest BCUT2D eigenvalue weighted by atomic mass is 9.82. The lowest BCUT2D eigenvalue weighted by Crippen LogP contribution is -2.27. The molecule has 0 aliphatic rings. The molecule has 1 aromatic carbocycles. The van der Waals surface area contributed by atoms with E-state index in [0.717, 1.165) is 5.56 Å². The SMILES string of the molecule is CC(=O)OC(C)(C)c1c(C)c(C)c(C)c(C)c1C. The second kappa shape index (κ2) is 4.75. The Morgan fingerprint density at radius 1 is 0.833 bits per heavy atom. The van der Waals surface area contributed by atoms with Crippen LogP contribution >= 0.6 is 0 Å². The van der Waals surface area contributed by atoms with Crippen molar-refractivity contribution in [3.8, 4) is 0 Å². The van der Waals surface area contributed by atoms with Gasteiger partial charge in [0, 0.05) is 12.5 Å². The summed E-state index contributed by atoms with van der Waals surface area (Å²) in [5, 5.41) is 0. The van der Waals surface area contributed by atoms with Crippen molar-refractivity contribution in [1.29, 1.82) is 0 Å². The van der Waals surface area contributed by atoms with Crippen LogP contribution in [0.25, 0.3) is 0 Å². The molecule has 2 nitrogen and oxygen atoms in total.